The fraction of sp³-hybridized carbons (Fsp3) is 0.269. The SMILES string of the molecule is CCCCN(C(=O)c1ccco1)C(C)c1nc2cc(Cl)ccc2c(=O)n1-c1ccc(C)cc1. The van der Waals surface area contributed by atoms with Gasteiger partial charge < -0.3 is 9.32 Å². The van der Waals surface area contributed by atoms with Crippen LogP contribution in [0.5, 0.6) is 0 Å². The van der Waals surface area contributed by atoms with Crippen LogP contribution in [0.4, 0.5) is 0 Å². The van der Waals surface area contributed by atoms with Crippen LogP contribution in [0.1, 0.15) is 54.7 Å². The van der Waals surface area contributed by atoms with Crippen LogP contribution >= 0.6 is 11.6 Å². The Balaban J connectivity index is 1.92. The van der Waals surface area contributed by atoms with Gasteiger partial charge in [-0.05, 0) is 62.7 Å². The van der Waals surface area contributed by atoms with E-state index in [0.717, 1.165) is 18.4 Å². The highest BCUT2D eigenvalue weighted by molar-refractivity contribution is 6.31. The van der Waals surface area contributed by atoms with Crippen molar-refractivity contribution in [1.29, 1.82) is 0 Å². The quantitative estimate of drug-likeness (QED) is 0.340. The van der Waals surface area contributed by atoms with Crippen LogP contribution in [0.2, 0.25) is 5.02 Å². The molecule has 170 valence electrons. The van der Waals surface area contributed by atoms with E-state index >= 15 is 0 Å². The number of fused-ring (bicyclic) bond motifs is 1. The summed E-state index contributed by atoms with van der Waals surface area (Å²) in [5, 5.41) is 0.962. The molecule has 0 fully saturated rings. The van der Waals surface area contributed by atoms with Gasteiger partial charge >= 0.3 is 0 Å². The van der Waals surface area contributed by atoms with Gasteiger partial charge in [0.05, 0.1) is 28.9 Å². The molecule has 6 nitrogen and oxygen atoms in total. The summed E-state index contributed by atoms with van der Waals surface area (Å²) in [6.45, 7) is 6.46. The van der Waals surface area contributed by atoms with Gasteiger partial charge in [-0.3, -0.25) is 14.2 Å². The zero-order chi connectivity index (χ0) is 23.5. The largest absolute Gasteiger partial charge is 0.459 e. The van der Waals surface area contributed by atoms with Crippen LogP contribution in [0.15, 0.2) is 70.1 Å². The number of amides is 1. The predicted molar refractivity (Wildman–Crippen MR) is 130 cm³/mol. The molecular formula is C26H26ClN3O3. The number of hydrogen-bond donors (Lipinski definition) is 0. The van der Waals surface area contributed by atoms with Crippen molar-refractivity contribution in [2.75, 3.05) is 6.54 Å². The third kappa shape index (κ3) is 4.57. The van der Waals surface area contributed by atoms with E-state index < -0.39 is 6.04 Å². The lowest BCUT2D eigenvalue weighted by Crippen LogP contribution is -2.38. The van der Waals surface area contributed by atoms with Crippen molar-refractivity contribution in [3.05, 3.63) is 93.4 Å². The molecule has 4 aromatic rings. The number of hydrogen-bond acceptors (Lipinski definition) is 4. The van der Waals surface area contributed by atoms with Gasteiger partial charge in [-0.2, -0.15) is 0 Å². The minimum Gasteiger partial charge on any atom is -0.459 e. The first-order valence-electron chi connectivity index (χ1n) is 11.0. The van der Waals surface area contributed by atoms with Crippen LogP contribution in [0.3, 0.4) is 0 Å². The summed E-state index contributed by atoms with van der Waals surface area (Å²) in [4.78, 5) is 33.5. The molecule has 1 amide bonds. The van der Waals surface area contributed by atoms with Gasteiger partial charge in [0.2, 0.25) is 0 Å². The summed E-state index contributed by atoms with van der Waals surface area (Å²) in [5.74, 6) is 0.484. The molecule has 0 saturated carbocycles. The van der Waals surface area contributed by atoms with Gasteiger partial charge in [0.15, 0.2) is 5.76 Å². The van der Waals surface area contributed by atoms with E-state index in [4.69, 9.17) is 21.0 Å². The molecule has 0 bridgehead atoms. The number of benzene rings is 2. The smallest absolute Gasteiger partial charge is 0.290 e. The number of halogens is 1. The number of unbranched alkanes of at least 4 members (excludes halogenated alkanes) is 1. The Morgan fingerprint density at radius 3 is 2.61 bits per heavy atom. The van der Waals surface area contributed by atoms with E-state index in [-0.39, 0.29) is 17.2 Å². The molecule has 0 aliphatic rings. The molecule has 1 unspecified atom stereocenters. The first-order chi connectivity index (χ1) is 15.9. The highest BCUT2D eigenvalue weighted by atomic mass is 35.5. The minimum absolute atomic E-state index is 0.205. The third-order valence-electron chi connectivity index (χ3n) is 5.74. The zero-order valence-electron chi connectivity index (χ0n) is 18.9. The van der Waals surface area contributed by atoms with Crippen molar-refractivity contribution in [2.45, 2.75) is 39.7 Å². The number of furan rings is 1. The van der Waals surface area contributed by atoms with Crippen molar-refractivity contribution in [3.63, 3.8) is 0 Å². The molecule has 0 aliphatic heterocycles. The molecular weight excluding hydrogens is 438 g/mol. The second-order valence-electron chi connectivity index (χ2n) is 8.11. The van der Waals surface area contributed by atoms with Gasteiger partial charge in [0, 0.05) is 11.6 Å². The number of aromatic nitrogens is 2. The van der Waals surface area contributed by atoms with Crippen LogP contribution < -0.4 is 5.56 Å². The maximum atomic E-state index is 13.6. The summed E-state index contributed by atoms with van der Waals surface area (Å²) in [5.41, 5.74) is 2.07. The lowest BCUT2D eigenvalue weighted by Gasteiger charge is -2.30. The second kappa shape index (κ2) is 9.63. The fourth-order valence-electron chi connectivity index (χ4n) is 3.88. The molecule has 2 aromatic carbocycles. The molecule has 0 spiro atoms. The van der Waals surface area contributed by atoms with Gasteiger partial charge in [0.25, 0.3) is 11.5 Å². The Hall–Kier alpha value is -3.38. The average Bonchev–Trinajstić information content (AvgIpc) is 3.34. The third-order valence-corrected chi connectivity index (χ3v) is 5.97. The summed E-state index contributed by atoms with van der Waals surface area (Å²) >= 11 is 6.20. The monoisotopic (exact) mass is 463 g/mol. The van der Waals surface area contributed by atoms with Gasteiger partial charge in [-0.15, -0.1) is 0 Å². The van der Waals surface area contributed by atoms with Crippen molar-refractivity contribution in [1.82, 2.24) is 14.5 Å². The normalized spacial score (nSPS) is 12.1. The Bertz CT molecular complexity index is 1330. The van der Waals surface area contributed by atoms with Crippen LogP contribution in [-0.2, 0) is 0 Å². The number of nitrogens with zero attached hydrogens (tertiary/aromatic N) is 3. The molecule has 0 radical (unpaired) electrons. The molecule has 0 N–H and O–H groups in total. The van der Waals surface area contributed by atoms with Crippen molar-refractivity contribution < 1.29 is 9.21 Å². The maximum absolute atomic E-state index is 13.6. The first-order valence-corrected chi connectivity index (χ1v) is 11.4. The maximum Gasteiger partial charge on any atom is 0.290 e. The first kappa shape index (κ1) is 22.8. The highest BCUT2D eigenvalue weighted by Crippen LogP contribution is 2.26. The van der Waals surface area contributed by atoms with Gasteiger partial charge in [0.1, 0.15) is 5.82 Å². The number of carbonyl (C=O) groups excluding carboxylic acids is 1. The van der Waals surface area contributed by atoms with Crippen molar-refractivity contribution >= 4 is 28.4 Å². The van der Waals surface area contributed by atoms with Crippen molar-refractivity contribution in [2.24, 2.45) is 0 Å². The lowest BCUT2D eigenvalue weighted by atomic mass is 10.1. The van der Waals surface area contributed by atoms with E-state index in [1.54, 1.807) is 39.8 Å². The van der Waals surface area contributed by atoms with E-state index in [2.05, 4.69) is 6.92 Å². The molecule has 1 atom stereocenters. The van der Waals surface area contributed by atoms with Gasteiger partial charge in [-0.25, -0.2) is 4.98 Å². The lowest BCUT2D eigenvalue weighted by molar-refractivity contribution is 0.0645. The van der Waals surface area contributed by atoms with E-state index in [1.807, 2.05) is 38.1 Å². The number of rotatable bonds is 7. The summed E-state index contributed by atoms with van der Waals surface area (Å²) < 4.78 is 6.97. The van der Waals surface area contributed by atoms with Crippen LogP contribution in [-0.4, -0.2) is 26.9 Å². The predicted octanol–water partition coefficient (Wildman–Crippen LogP) is 5.94. The zero-order valence-corrected chi connectivity index (χ0v) is 19.7. The minimum atomic E-state index is -0.494. The highest BCUT2D eigenvalue weighted by Gasteiger charge is 2.28. The molecule has 2 aromatic heterocycles. The molecule has 0 aliphatic carbocycles. The summed E-state index contributed by atoms with van der Waals surface area (Å²) in [6, 6.07) is 15.6. The number of aryl methyl sites for hydroxylation is 1. The fourth-order valence-corrected chi connectivity index (χ4v) is 4.05. The average molecular weight is 464 g/mol. The Morgan fingerprint density at radius 1 is 1.18 bits per heavy atom. The van der Waals surface area contributed by atoms with Crippen molar-refractivity contribution in [3.8, 4) is 5.69 Å². The summed E-state index contributed by atoms with van der Waals surface area (Å²) in [7, 11) is 0. The molecule has 0 saturated heterocycles. The van der Waals surface area contributed by atoms with Crippen LogP contribution in [0.25, 0.3) is 16.6 Å². The Kier molecular flexibility index (Phi) is 6.65. The standard InChI is InChI=1S/C26H26ClN3O3/c1-4-5-14-29(26(32)23-7-6-15-33-23)18(3)24-28-22-16-19(27)10-13-21(22)25(31)30(24)20-11-8-17(2)9-12-20/h6-13,15-16,18H,4-5,14H2,1-3H3. The van der Waals surface area contributed by atoms with E-state index in [0.29, 0.717) is 34.0 Å². The molecule has 2 heterocycles. The van der Waals surface area contributed by atoms with Crippen LogP contribution in [0, 0.1) is 6.92 Å². The number of carbonyl (C=O) groups is 1. The Morgan fingerprint density at radius 2 is 1.94 bits per heavy atom. The topological polar surface area (TPSA) is 68.3 Å². The molecule has 33 heavy (non-hydrogen) atoms. The summed E-state index contributed by atoms with van der Waals surface area (Å²) in [6.07, 6.45) is 3.21. The Labute approximate surface area is 197 Å². The van der Waals surface area contributed by atoms with E-state index in [1.165, 1.54) is 6.26 Å². The molecule has 7 heteroatoms. The van der Waals surface area contributed by atoms with E-state index in [9.17, 15) is 9.59 Å². The van der Waals surface area contributed by atoms with Gasteiger partial charge in [-0.1, -0.05) is 42.6 Å². The second-order valence-corrected chi connectivity index (χ2v) is 8.55. The molecule has 4 rings (SSSR count).